The van der Waals surface area contributed by atoms with Crippen LogP contribution in [0.3, 0.4) is 0 Å². The maximum Gasteiger partial charge on any atom is 0.322 e. The highest BCUT2D eigenvalue weighted by Crippen LogP contribution is 2.29. The van der Waals surface area contributed by atoms with Crippen molar-refractivity contribution in [3.63, 3.8) is 0 Å². The average molecular weight is 263 g/mol. The molecule has 2 saturated heterocycles. The van der Waals surface area contributed by atoms with E-state index in [2.05, 4.69) is 0 Å². The highest BCUT2D eigenvalue weighted by Gasteiger charge is 2.45. The first-order valence-electron chi connectivity index (χ1n) is 5.79. The molecule has 0 aromatic rings. The van der Waals surface area contributed by atoms with Crippen LogP contribution in [-0.4, -0.2) is 54.3 Å². The predicted molar refractivity (Wildman–Crippen MR) is 60.1 cm³/mol. The van der Waals surface area contributed by atoms with Crippen LogP contribution in [0.1, 0.15) is 26.2 Å². The van der Waals surface area contributed by atoms with E-state index in [9.17, 15) is 13.2 Å². The van der Waals surface area contributed by atoms with Gasteiger partial charge in [-0.05, 0) is 26.2 Å². The van der Waals surface area contributed by atoms with Crippen LogP contribution in [0.5, 0.6) is 0 Å². The van der Waals surface area contributed by atoms with Gasteiger partial charge in [0.2, 0.25) is 10.0 Å². The first-order valence-corrected chi connectivity index (χ1v) is 7.30. The van der Waals surface area contributed by atoms with Gasteiger partial charge in [-0.25, -0.2) is 8.42 Å². The van der Waals surface area contributed by atoms with Gasteiger partial charge in [0.25, 0.3) is 0 Å². The monoisotopic (exact) mass is 263 g/mol. The van der Waals surface area contributed by atoms with Crippen LogP contribution < -0.4 is 0 Å². The first kappa shape index (κ1) is 12.8. The molecule has 2 rings (SSSR count). The van der Waals surface area contributed by atoms with Crippen LogP contribution in [0, 0.1) is 0 Å². The Balaban J connectivity index is 2.23. The molecule has 98 valence electrons. The summed E-state index contributed by atoms with van der Waals surface area (Å²) in [5.74, 6) is -1.06. The zero-order valence-electron chi connectivity index (χ0n) is 9.70. The second kappa shape index (κ2) is 4.55. The third-order valence-corrected chi connectivity index (χ3v) is 5.98. The molecular formula is C10H17NO5S. The normalized spacial score (nSPS) is 35.2. The second-order valence-corrected chi connectivity index (χ2v) is 6.66. The van der Waals surface area contributed by atoms with Crippen molar-refractivity contribution in [2.75, 3.05) is 13.2 Å². The zero-order chi connectivity index (χ0) is 12.6. The minimum atomic E-state index is -3.55. The Morgan fingerprint density at radius 3 is 2.65 bits per heavy atom. The van der Waals surface area contributed by atoms with E-state index in [1.807, 2.05) is 0 Å². The number of sulfonamides is 1. The smallest absolute Gasteiger partial charge is 0.322 e. The van der Waals surface area contributed by atoms with E-state index in [1.165, 1.54) is 0 Å². The highest BCUT2D eigenvalue weighted by atomic mass is 32.2. The van der Waals surface area contributed by atoms with E-state index in [0.717, 1.165) is 4.31 Å². The summed E-state index contributed by atoms with van der Waals surface area (Å²) in [5, 5.41) is 8.42. The maximum absolute atomic E-state index is 12.3. The van der Waals surface area contributed by atoms with Gasteiger partial charge in [-0.2, -0.15) is 4.31 Å². The van der Waals surface area contributed by atoms with Crippen molar-refractivity contribution >= 4 is 16.0 Å². The summed E-state index contributed by atoms with van der Waals surface area (Å²) in [6.07, 6.45) is 1.11. The maximum atomic E-state index is 12.3. The summed E-state index contributed by atoms with van der Waals surface area (Å²) in [7, 11) is -3.55. The van der Waals surface area contributed by atoms with Crippen molar-refractivity contribution in [1.29, 1.82) is 0 Å². The number of nitrogens with zero attached hydrogens (tertiary/aromatic N) is 1. The molecule has 2 fully saturated rings. The third-order valence-electron chi connectivity index (χ3n) is 3.50. The Kier molecular flexibility index (Phi) is 3.42. The van der Waals surface area contributed by atoms with Crippen molar-refractivity contribution < 1.29 is 23.1 Å². The Labute approximate surface area is 101 Å². The molecule has 7 heteroatoms. The van der Waals surface area contributed by atoms with E-state index < -0.39 is 27.3 Å². The Morgan fingerprint density at radius 1 is 1.41 bits per heavy atom. The molecule has 0 amide bonds. The molecule has 2 aliphatic rings. The number of hydrogen-bond donors (Lipinski definition) is 1. The van der Waals surface area contributed by atoms with Crippen molar-refractivity contribution in [3.8, 4) is 0 Å². The molecule has 1 N–H and O–H groups in total. The van der Waals surface area contributed by atoms with Crippen molar-refractivity contribution in [2.45, 2.75) is 43.6 Å². The number of rotatable bonds is 3. The second-order valence-electron chi connectivity index (χ2n) is 4.55. The molecular weight excluding hydrogens is 246 g/mol. The lowest BCUT2D eigenvalue weighted by Gasteiger charge is -2.25. The fourth-order valence-corrected chi connectivity index (χ4v) is 4.81. The Hall–Kier alpha value is -0.660. The highest BCUT2D eigenvalue weighted by molar-refractivity contribution is 7.89. The standard InChI is InChI=1S/C10H17NO5S/c1-7-9(4-6-16-7)17(14,15)11-5-2-3-8(11)10(12)13/h7-9H,2-6H2,1H3,(H,12,13)/t7?,8-,9?/m1/s1. The minimum Gasteiger partial charge on any atom is -0.480 e. The van der Waals surface area contributed by atoms with Gasteiger partial charge in [0.1, 0.15) is 11.3 Å². The van der Waals surface area contributed by atoms with Gasteiger partial charge in [0.15, 0.2) is 0 Å². The van der Waals surface area contributed by atoms with Crippen LogP contribution in [0.4, 0.5) is 0 Å². The van der Waals surface area contributed by atoms with Gasteiger partial charge < -0.3 is 9.84 Å². The fourth-order valence-electron chi connectivity index (χ4n) is 2.57. The zero-order valence-corrected chi connectivity index (χ0v) is 10.5. The molecule has 0 radical (unpaired) electrons. The van der Waals surface area contributed by atoms with E-state index in [4.69, 9.17) is 9.84 Å². The van der Waals surface area contributed by atoms with E-state index in [1.54, 1.807) is 6.92 Å². The minimum absolute atomic E-state index is 0.308. The van der Waals surface area contributed by atoms with Crippen molar-refractivity contribution in [1.82, 2.24) is 4.31 Å². The van der Waals surface area contributed by atoms with Gasteiger partial charge >= 0.3 is 5.97 Å². The van der Waals surface area contributed by atoms with Crippen LogP contribution in [0.2, 0.25) is 0 Å². The largest absolute Gasteiger partial charge is 0.480 e. The lowest BCUT2D eigenvalue weighted by atomic mass is 10.2. The summed E-state index contributed by atoms with van der Waals surface area (Å²) < 4.78 is 31.1. The molecule has 0 aromatic carbocycles. The number of carbonyl (C=O) groups is 1. The Bertz CT molecular complexity index is 407. The van der Waals surface area contributed by atoms with Crippen LogP contribution in [0.25, 0.3) is 0 Å². The van der Waals surface area contributed by atoms with E-state index >= 15 is 0 Å². The van der Waals surface area contributed by atoms with Crippen LogP contribution in [-0.2, 0) is 19.6 Å². The summed E-state index contributed by atoms with van der Waals surface area (Å²) in [6.45, 7) is 2.46. The number of carboxylic acids is 1. The molecule has 0 saturated carbocycles. The summed E-state index contributed by atoms with van der Waals surface area (Å²) >= 11 is 0. The molecule has 17 heavy (non-hydrogen) atoms. The summed E-state index contributed by atoms with van der Waals surface area (Å²) in [4.78, 5) is 11.0. The average Bonchev–Trinajstić information content (AvgIpc) is 2.84. The van der Waals surface area contributed by atoms with Gasteiger partial charge in [0.05, 0.1) is 6.10 Å². The molecule has 6 nitrogen and oxygen atoms in total. The Morgan fingerprint density at radius 2 is 2.12 bits per heavy atom. The van der Waals surface area contributed by atoms with E-state index in [-0.39, 0.29) is 6.10 Å². The molecule has 2 heterocycles. The van der Waals surface area contributed by atoms with Crippen molar-refractivity contribution in [2.24, 2.45) is 0 Å². The number of aliphatic carboxylic acids is 1. The predicted octanol–water partition coefficient (Wildman–Crippen LogP) is 0.0426. The molecule has 0 spiro atoms. The number of ether oxygens (including phenoxy) is 1. The topological polar surface area (TPSA) is 83.9 Å². The van der Waals surface area contributed by atoms with Crippen LogP contribution >= 0.6 is 0 Å². The molecule has 2 unspecified atom stereocenters. The molecule has 0 bridgehead atoms. The van der Waals surface area contributed by atoms with Gasteiger partial charge in [-0.3, -0.25) is 4.79 Å². The summed E-state index contributed by atoms with van der Waals surface area (Å²) in [5.41, 5.74) is 0. The third kappa shape index (κ3) is 2.19. The number of hydrogen-bond acceptors (Lipinski definition) is 4. The molecule has 0 aromatic heterocycles. The first-order chi connectivity index (χ1) is 7.94. The number of carboxylic acid groups (broad SMARTS) is 1. The van der Waals surface area contributed by atoms with Crippen LogP contribution in [0.15, 0.2) is 0 Å². The molecule has 0 aliphatic carbocycles. The quantitative estimate of drug-likeness (QED) is 0.777. The fraction of sp³-hybridized carbons (Fsp3) is 0.900. The lowest BCUT2D eigenvalue weighted by molar-refractivity contribution is -0.140. The van der Waals surface area contributed by atoms with Crippen molar-refractivity contribution in [3.05, 3.63) is 0 Å². The van der Waals surface area contributed by atoms with Gasteiger partial charge in [0, 0.05) is 13.2 Å². The van der Waals surface area contributed by atoms with E-state index in [0.29, 0.717) is 32.4 Å². The SMILES string of the molecule is CC1OCCC1S(=O)(=O)N1CCC[C@@H]1C(=O)O. The van der Waals surface area contributed by atoms with Gasteiger partial charge in [-0.1, -0.05) is 0 Å². The lowest BCUT2D eigenvalue weighted by Crippen LogP contribution is -2.46. The molecule has 2 aliphatic heterocycles. The molecule has 3 atom stereocenters. The van der Waals surface area contributed by atoms with Gasteiger partial charge in [-0.15, -0.1) is 0 Å². The summed E-state index contributed by atoms with van der Waals surface area (Å²) in [6, 6.07) is -0.896.